The Morgan fingerprint density at radius 2 is 1.84 bits per heavy atom. The quantitative estimate of drug-likeness (QED) is 0.576. The minimum atomic E-state index is -3.85. The molecule has 3 N–H and O–H groups in total. The van der Waals surface area contributed by atoms with Gasteiger partial charge in [0.25, 0.3) is 15.9 Å². The zero-order valence-corrected chi connectivity index (χ0v) is 19.0. The third kappa shape index (κ3) is 5.68. The van der Waals surface area contributed by atoms with Gasteiger partial charge in [0.1, 0.15) is 5.75 Å². The monoisotopic (exact) mass is 446 g/mol. The van der Waals surface area contributed by atoms with E-state index in [4.69, 9.17) is 4.74 Å². The van der Waals surface area contributed by atoms with Crippen LogP contribution in [0.1, 0.15) is 30.6 Å². The topological polar surface area (TPSA) is 99.8 Å². The minimum absolute atomic E-state index is 0.0276. The molecular formula is C22H30N4O4S. The first-order valence-electron chi connectivity index (χ1n) is 10.4. The van der Waals surface area contributed by atoms with Gasteiger partial charge in [-0.05, 0) is 55.8 Å². The van der Waals surface area contributed by atoms with Crippen molar-refractivity contribution in [2.75, 3.05) is 42.9 Å². The van der Waals surface area contributed by atoms with Gasteiger partial charge in [0.2, 0.25) is 0 Å². The number of hydrogen-bond acceptors (Lipinski definition) is 6. The van der Waals surface area contributed by atoms with Gasteiger partial charge in [-0.25, -0.2) is 8.42 Å². The molecule has 9 heteroatoms. The molecule has 0 radical (unpaired) electrons. The van der Waals surface area contributed by atoms with Gasteiger partial charge in [-0.15, -0.1) is 0 Å². The van der Waals surface area contributed by atoms with Crippen LogP contribution in [0, 0.1) is 0 Å². The van der Waals surface area contributed by atoms with Crippen molar-refractivity contribution in [1.82, 2.24) is 10.6 Å². The molecule has 0 aliphatic carbocycles. The Balaban J connectivity index is 1.95. The number of hydrogen-bond donors (Lipinski definition) is 3. The maximum absolute atomic E-state index is 13.1. The Hall–Kier alpha value is -2.78. The first kappa shape index (κ1) is 22.9. The standard InChI is InChI=1S/C22H30N4O4S/c1-4-16(2)24-22(27)17-5-10-21(26-13-11-23-12-14-26)20(15-17)25-31(28,29)19-8-6-18(30-3)7-9-19/h5-10,15-16,23,25H,4,11-14H2,1-3H3,(H,24,27)/t16-/m0/s1. The number of sulfonamides is 1. The van der Waals surface area contributed by atoms with Crippen molar-refractivity contribution >= 4 is 27.3 Å². The maximum atomic E-state index is 13.1. The molecule has 0 spiro atoms. The highest BCUT2D eigenvalue weighted by Gasteiger charge is 2.21. The van der Waals surface area contributed by atoms with E-state index < -0.39 is 10.0 Å². The molecule has 1 heterocycles. The molecule has 1 atom stereocenters. The fourth-order valence-corrected chi connectivity index (χ4v) is 4.37. The van der Waals surface area contributed by atoms with Gasteiger partial charge in [0.15, 0.2) is 0 Å². The first-order chi connectivity index (χ1) is 14.8. The summed E-state index contributed by atoms with van der Waals surface area (Å²) in [5, 5.41) is 6.22. The van der Waals surface area contributed by atoms with Crippen molar-refractivity contribution in [2.45, 2.75) is 31.2 Å². The third-order valence-corrected chi connectivity index (χ3v) is 6.70. The normalized spacial score (nSPS) is 15.3. The molecule has 2 aromatic rings. The lowest BCUT2D eigenvalue weighted by Gasteiger charge is -2.31. The number of benzene rings is 2. The van der Waals surface area contributed by atoms with E-state index in [1.807, 2.05) is 19.9 Å². The largest absolute Gasteiger partial charge is 0.497 e. The molecule has 1 fully saturated rings. The van der Waals surface area contributed by atoms with E-state index in [0.717, 1.165) is 38.3 Å². The Morgan fingerprint density at radius 3 is 2.45 bits per heavy atom. The van der Waals surface area contributed by atoms with E-state index in [1.165, 1.54) is 19.2 Å². The molecular weight excluding hydrogens is 416 g/mol. The molecule has 31 heavy (non-hydrogen) atoms. The van der Waals surface area contributed by atoms with Gasteiger partial charge >= 0.3 is 0 Å². The molecule has 168 valence electrons. The predicted octanol–water partition coefficient (Wildman–Crippen LogP) is 2.43. The molecule has 0 bridgehead atoms. The van der Waals surface area contributed by atoms with Crippen LogP contribution in [0.15, 0.2) is 47.4 Å². The van der Waals surface area contributed by atoms with Crippen LogP contribution < -0.4 is 25.0 Å². The van der Waals surface area contributed by atoms with Crippen LogP contribution in [0.25, 0.3) is 0 Å². The zero-order valence-electron chi connectivity index (χ0n) is 18.1. The van der Waals surface area contributed by atoms with Gasteiger partial charge < -0.3 is 20.3 Å². The molecule has 0 unspecified atom stereocenters. The molecule has 1 amide bonds. The van der Waals surface area contributed by atoms with Crippen molar-refractivity contribution in [3.8, 4) is 5.75 Å². The number of carbonyl (C=O) groups is 1. The number of piperazine rings is 1. The van der Waals surface area contributed by atoms with Crippen LogP contribution in [0.4, 0.5) is 11.4 Å². The Labute approximate surface area is 184 Å². The number of nitrogens with one attached hydrogen (secondary N) is 3. The van der Waals surface area contributed by atoms with E-state index in [2.05, 4.69) is 20.3 Å². The number of anilines is 2. The molecule has 1 aliphatic rings. The van der Waals surface area contributed by atoms with Crippen LogP contribution in [-0.2, 0) is 10.0 Å². The fraction of sp³-hybridized carbons (Fsp3) is 0.409. The van der Waals surface area contributed by atoms with Crippen LogP contribution >= 0.6 is 0 Å². The minimum Gasteiger partial charge on any atom is -0.497 e. The number of nitrogens with zero attached hydrogens (tertiary/aromatic N) is 1. The molecule has 1 saturated heterocycles. The molecule has 3 rings (SSSR count). The average Bonchev–Trinajstić information content (AvgIpc) is 2.79. The van der Waals surface area contributed by atoms with E-state index in [-0.39, 0.29) is 16.8 Å². The second-order valence-corrected chi connectivity index (χ2v) is 9.22. The number of carbonyl (C=O) groups excluding carboxylic acids is 1. The maximum Gasteiger partial charge on any atom is 0.261 e. The Bertz CT molecular complexity index is 1000. The smallest absolute Gasteiger partial charge is 0.261 e. The van der Waals surface area contributed by atoms with Crippen LogP contribution in [-0.4, -0.2) is 53.7 Å². The van der Waals surface area contributed by atoms with Gasteiger partial charge in [-0.2, -0.15) is 0 Å². The van der Waals surface area contributed by atoms with E-state index in [1.54, 1.807) is 24.3 Å². The highest BCUT2D eigenvalue weighted by atomic mass is 32.2. The highest BCUT2D eigenvalue weighted by molar-refractivity contribution is 7.92. The van der Waals surface area contributed by atoms with Gasteiger partial charge in [0.05, 0.1) is 23.4 Å². The average molecular weight is 447 g/mol. The first-order valence-corrected chi connectivity index (χ1v) is 11.9. The summed E-state index contributed by atoms with van der Waals surface area (Å²) in [4.78, 5) is 14.9. The summed E-state index contributed by atoms with van der Waals surface area (Å²) in [7, 11) is -2.32. The fourth-order valence-electron chi connectivity index (χ4n) is 3.31. The second-order valence-electron chi connectivity index (χ2n) is 7.53. The number of ether oxygens (including phenoxy) is 1. The van der Waals surface area contributed by atoms with Crippen LogP contribution in [0.5, 0.6) is 5.75 Å². The predicted molar refractivity (Wildman–Crippen MR) is 123 cm³/mol. The summed E-state index contributed by atoms with van der Waals surface area (Å²) in [6, 6.07) is 11.4. The lowest BCUT2D eigenvalue weighted by molar-refractivity contribution is 0.0939. The summed E-state index contributed by atoms with van der Waals surface area (Å²) in [6.07, 6.45) is 0.807. The zero-order chi connectivity index (χ0) is 22.4. The van der Waals surface area contributed by atoms with E-state index >= 15 is 0 Å². The summed E-state index contributed by atoms with van der Waals surface area (Å²) in [5.74, 6) is 0.343. The molecule has 0 saturated carbocycles. The molecule has 8 nitrogen and oxygen atoms in total. The molecule has 2 aromatic carbocycles. The van der Waals surface area contributed by atoms with Crippen molar-refractivity contribution in [1.29, 1.82) is 0 Å². The number of amides is 1. The van der Waals surface area contributed by atoms with Crippen LogP contribution in [0.2, 0.25) is 0 Å². The third-order valence-electron chi connectivity index (χ3n) is 5.32. The highest BCUT2D eigenvalue weighted by Crippen LogP contribution is 2.30. The van der Waals surface area contributed by atoms with Gasteiger partial charge in [-0.1, -0.05) is 6.92 Å². The Kier molecular flexibility index (Phi) is 7.40. The number of methoxy groups -OCH3 is 1. The summed E-state index contributed by atoms with van der Waals surface area (Å²) >= 11 is 0. The molecule has 1 aliphatic heterocycles. The van der Waals surface area contributed by atoms with Crippen LogP contribution in [0.3, 0.4) is 0 Å². The lowest BCUT2D eigenvalue weighted by Crippen LogP contribution is -2.43. The van der Waals surface area contributed by atoms with Crippen molar-refractivity contribution < 1.29 is 17.9 Å². The Morgan fingerprint density at radius 1 is 1.16 bits per heavy atom. The van der Waals surface area contributed by atoms with Crippen molar-refractivity contribution in [2.24, 2.45) is 0 Å². The SMILES string of the molecule is CC[C@H](C)NC(=O)c1ccc(N2CCNCC2)c(NS(=O)(=O)c2ccc(OC)cc2)c1. The second kappa shape index (κ2) is 10.0. The summed E-state index contributed by atoms with van der Waals surface area (Å²) in [6.45, 7) is 7.03. The lowest BCUT2D eigenvalue weighted by atomic mass is 10.1. The van der Waals surface area contributed by atoms with Gasteiger partial charge in [-0.3, -0.25) is 9.52 Å². The van der Waals surface area contributed by atoms with Crippen molar-refractivity contribution in [3.05, 3.63) is 48.0 Å². The van der Waals surface area contributed by atoms with E-state index in [9.17, 15) is 13.2 Å². The van der Waals surface area contributed by atoms with Gasteiger partial charge in [0, 0.05) is 37.8 Å². The van der Waals surface area contributed by atoms with E-state index in [0.29, 0.717) is 17.0 Å². The summed E-state index contributed by atoms with van der Waals surface area (Å²) in [5.41, 5.74) is 1.54. The van der Waals surface area contributed by atoms with Crippen molar-refractivity contribution in [3.63, 3.8) is 0 Å². The molecule has 0 aromatic heterocycles. The summed E-state index contributed by atoms with van der Waals surface area (Å²) < 4.78 is 33.9. The number of rotatable bonds is 8.